The van der Waals surface area contributed by atoms with Crippen LogP contribution in [-0.2, 0) is 0 Å². The van der Waals surface area contributed by atoms with Gasteiger partial charge in [-0.1, -0.05) is 23.8 Å². The lowest BCUT2D eigenvalue weighted by Gasteiger charge is -2.08. The monoisotopic (exact) mass is 337 g/mol. The highest BCUT2D eigenvalue weighted by Gasteiger charge is 2.10. The molecule has 0 spiro atoms. The lowest BCUT2D eigenvalue weighted by atomic mass is 10.1. The quantitative estimate of drug-likeness (QED) is 0.757. The zero-order valence-corrected chi connectivity index (χ0v) is 13.8. The second-order valence-electron chi connectivity index (χ2n) is 5.19. The number of aromatic nitrogens is 1. The van der Waals surface area contributed by atoms with Gasteiger partial charge in [-0.25, -0.2) is 4.98 Å². The van der Waals surface area contributed by atoms with Crippen LogP contribution in [0.5, 0.6) is 0 Å². The van der Waals surface area contributed by atoms with E-state index in [1.165, 1.54) is 11.3 Å². The Labute approximate surface area is 143 Å². The van der Waals surface area contributed by atoms with Gasteiger partial charge in [0.1, 0.15) is 0 Å². The van der Waals surface area contributed by atoms with Gasteiger partial charge in [-0.05, 0) is 37.3 Å². The maximum atomic E-state index is 12.2. The van der Waals surface area contributed by atoms with E-state index in [0.717, 1.165) is 5.56 Å². The van der Waals surface area contributed by atoms with Gasteiger partial charge in [0.05, 0.1) is 0 Å². The van der Waals surface area contributed by atoms with Crippen molar-refractivity contribution in [1.29, 1.82) is 0 Å². The van der Waals surface area contributed by atoms with Crippen LogP contribution >= 0.6 is 11.3 Å². The van der Waals surface area contributed by atoms with E-state index in [9.17, 15) is 9.59 Å². The third-order valence-corrected chi connectivity index (χ3v) is 4.04. The lowest BCUT2D eigenvalue weighted by molar-refractivity contribution is 0.101. The number of thiazole rings is 1. The molecule has 1 aromatic heterocycles. The summed E-state index contributed by atoms with van der Waals surface area (Å²) >= 11 is 1.35. The van der Waals surface area contributed by atoms with Crippen LogP contribution in [0, 0.1) is 6.92 Å². The molecule has 2 amide bonds. The van der Waals surface area contributed by atoms with Crippen LogP contribution in [0.1, 0.15) is 26.3 Å². The molecule has 3 rings (SSSR count). The van der Waals surface area contributed by atoms with E-state index in [0.29, 0.717) is 21.9 Å². The van der Waals surface area contributed by atoms with Gasteiger partial charge in [-0.15, -0.1) is 11.3 Å². The zero-order valence-electron chi connectivity index (χ0n) is 12.9. The predicted molar refractivity (Wildman–Crippen MR) is 95.6 cm³/mol. The first-order valence-electron chi connectivity index (χ1n) is 7.31. The summed E-state index contributed by atoms with van der Waals surface area (Å²) in [6.07, 6.45) is 1.62. The Balaban J connectivity index is 1.71. The van der Waals surface area contributed by atoms with Crippen LogP contribution in [0.15, 0.2) is 60.1 Å². The number of nitrogens with one attached hydrogen (secondary N) is 2. The fourth-order valence-corrected chi connectivity index (χ4v) is 2.62. The van der Waals surface area contributed by atoms with Gasteiger partial charge in [0, 0.05) is 28.4 Å². The van der Waals surface area contributed by atoms with Crippen molar-refractivity contribution in [2.45, 2.75) is 6.92 Å². The average Bonchev–Trinajstić information content (AvgIpc) is 3.08. The van der Waals surface area contributed by atoms with E-state index in [2.05, 4.69) is 15.6 Å². The molecule has 0 saturated carbocycles. The molecule has 5 nitrogen and oxygen atoms in total. The van der Waals surface area contributed by atoms with Gasteiger partial charge in [0.25, 0.3) is 11.8 Å². The Morgan fingerprint density at radius 1 is 0.958 bits per heavy atom. The molecule has 3 aromatic rings. The van der Waals surface area contributed by atoms with E-state index in [4.69, 9.17) is 0 Å². The predicted octanol–water partition coefficient (Wildman–Crippen LogP) is 3.96. The Morgan fingerprint density at radius 2 is 1.71 bits per heavy atom. The van der Waals surface area contributed by atoms with Crippen molar-refractivity contribution in [3.8, 4) is 0 Å². The summed E-state index contributed by atoms with van der Waals surface area (Å²) < 4.78 is 0. The molecule has 0 unspecified atom stereocenters. The van der Waals surface area contributed by atoms with Gasteiger partial charge in [0.15, 0.2) is 5.13 Å². The molecule has 2 N–H and O–H groups in total. The molecular weight excluding hydrogens is 322 g/mol. The largest absolute Gasteiger partial charge is 0.322 e. The van der Waals surface area contributed by atoms with E-state index in [-0.39, 0.29) is 11.8 Å². The summed E-state index contributed by atoms with van der Waals surface area (Å²) in [6, 6.07) is 14.1. The maximum absolute atomic E-state index is 12.2. The molecule has 0 bridgehead atoms. The molecule has 0 radical (unpaired) electrons. The zero-order chi connectivity index (χ0) is 16.9. The minimum Gasteiger partial charge on any atom is -0.322 e. The van der Waals surface area contributed by atoms with Gasteiger partial charge >= 0.3 is 0 Å². The van der Waals surface area contributed by atoms with E-state index >= 15 is 0 Å². The van der Waals surface area contributed by atoms with Crippen molar-refractivity contribution in [2.24, 2.45) is 0 Å². The molecule has 0 saturated heterocycles. The number of rotatable bonds is 4. The van der Waals surface area contributed by atoms with Crippen molar-refractivity contribution in [1.82, 2.24) is 4.98 Å². The van der Waals surface area contributed by atoms with Gasteiger partial charge < -0.3 is 5.32 Å². The fraction of sp³-hybridized carbons (Fsp3) is 0.0556. The Morgan fingerprint density at radius 3 is 2.42 bits per heavy atom. The first-order chi connectivity index (χ1) is 11.6. The van der Waals surface area contributed by atoms with Crippen LogP contribution in [0.25, 0.3) is 0 Å². The average molecular weight is 337 g/mol. The number of hydrogen-bond acceptors (Lipinski definition) is 4. The third-order valence-electron chi connectivity index (χ3n) is 3.35. The summed E-state index contributed by atoms with van der Waals surface area (Å²) in [5, 5.41) is 7.83. The molecule has 24 heavy (non-hydrogen) atoms. The minimum atomic E-state index is -0.267. The van der Waals surface area contributed by atoms with Gasteiger partial charge in [-0.2, -0.15) is 0 Å². The van der Waals surface area contributed by atoms with Crippen molar-refractivity contribution < 1.29 is 9.59 Å². The Kier molecular flexibility index (Phi) is 4.67. The summed E-state index contributed by atoms with van der Waals surface area (Å²) in [5.41, 5.74) is 2.67. The van der Waals surface area contributed by atoms with Crippen molar-refractivity contribution >= 4 is 34.0 Å². The molecule has 0 aliphatic carbocycles. The van der Waals surface area contributed by atoms with Crippen molar-refractivity contribution in [3.05, 3.63) is 76.8 Å². The Bertz CT molecular complexity index is 858. The van der Waals surface area contributed by atoms with Crippen LogP contribution in [0.2, 0.25) is 0 Å². The maximum Gasteiger partial charge on any atom is 0.257 e. The van der Waals surface area contributed by atoms with Crippen LogP contribution < -0.4 is 10.6 Å². The fourth-order valence-electron chi connectivity index (χ4n) is 2.10. The van der Waals surface area contributed by atoms with Crippen LogP contribution in [0.4, 0.5) is 10.8 Å². The second kappa shape index (κ2) is 7.06. The summed E-state index contributed by atoms with van der Waals surface area (Å²) in [5.74, 6) is -0.483. The van der Waals surface area contributed by atoms with E-state index in [1.807, 2.05) is 19.1 Å². The standard InChI is InChI=1S/C18H15N3O2S/c1-12-5-7-13(8-6-12)16(22)20-15-4-2-3-14(11-15)17(23)21-18-19-9-10-24-18/h2-11H,1H3,(H,20,22)(H,19,21,23). The highest BCUT2D eigenvalue weighted by atomic mass is 32.1. The van der Waals surface area contributed by atoms with E-state index < -0.39 is 0 Å². The van der Waals surface area contributed by atoms with Crippen molar-refractivity contribution in [3.63, 3.8) is 0 Å². The number of nitrogens with zero attached hydrogens (tertiary/aromatic N) is 1. The normalized spacial score (nSPS) is 10.2. The summed E-state index contributed by atoms with van der Waals surface area (Å²) in [6.45, 7) is 1.96. The SMILES string of the molecule is Cc1ccc(C(=O)Nc2cccc(C(=O)Nc3nccs3)c2)cc1. The highest BCUT2D eigenvalue weighted by Crippen LogP contribution is 2.16. The molecule has 120 valence electrons. The first-order valence-corrected chi connectivity index (χ1v) is 8.19. The lowest BCUT2D eigenvalue weighted by Crippen LogP contribution is -2.14. The second-order valence-corrected chi connectivity index (χ2v) is 6.09. The molecule has 2 aromatic carbocycles. The smallest absolute Gasteiger partial charge is 0.257 e. The number of anilines is 2. The first kappa shape index (κ1) is 15.9. The van der Waals surface area contributed by atoms with Gasteiger partial charge in [0.2, 0.25) is 0 Å². The number of carbonyl (C=O) groups is 2. The summed E-state index contributed by atoms with van der Waals surface area (Å²) in [4.78, 5) is 28.5. The third kappa shape index (κ3) is 3.85. The Hall–Kier alpha value is -2.99. The molecule has 0 aliphatic rings. The minimum absolute atomic E-state index is 0.215. The number of carbonyl (C=O) groups excluding carboxylic acids is 2. The van der Waals surface area contributed by atoms with Crippen LogP contribution in [0.3, 0.4) is 0 Å². The van der Waals surface area contributed by atoms with E-state index in [1.54, 1.807) is 48.0 Å². The molecule has 1 heterocycles. The number of aryl methyl sites for hydroxylation is 1. The van der Waals surface area contributed by atoms with Crippen LogP contribution in [-0.4, -0.2) is 16.8 Å². The molecule has 6 heteroatoms. The molecule has 0 fully saturated rings. The van der Waals surface area contributed by atoms with Gasteiger partial charge in [-0.3, -0.25) is 14.9 Å². The summed E-state index contributed by atoms with van der Waals surface area (Å²) in [7, 11) is 0. The van der Waals surface area contributed by atoms with Crippen molar-refractivity contribution in [2.75, 3.05) is 10.6 Å². The molecule has 0 atom stereocenters. The molecule has 0 aliphatic heterocycles. The number of benzene rings is 2. The number of amides is 2. The highest BCUT2D eigenvalue weighted by molar-refractivity contribution is 7.13. The number of hydrogen-bond donors (Lipinski definition) is 2. The molecular formula is C18H15N3O2S. The topological polar surface area (TPSA) is 71.1 Å².